The lowest BCUT2D eigenvalue weighted by atomic mass is 10.2. The molecular formula is C6H9NO. The third-order valence-corrected chi connectivity index (χ3v) is 0.887. The summed E-state index contributed by atoms with van der Waals surface area (Å²) in [6.45, 7) is 8.18. The SMILES string of the molecule is C=CC(=O)C(C)N=C. The standard InChI is InChI=1S/C6H9NO/c1-4-6(8)5(2)7-3/h4-5H,1,3H2,2H3. The molecule has 0 aromatic rings. The van der Waals surface area contributed by atoms with Crippen LogP contribution in [0.25, 0.3) is 0 Å². The van der Waals surface area contributed by atoms with Crippen molar-refractivity contribution in [3.8, 4) is 0 Å². The van der Waals surface area contributed by atoms with Gasteiger partial charge in [-0.05, 0) is 19.7 Å². The van der Waals surface area contributed by atoms with E-state index >= 15 is 0 Å². The molecule has 0 saturated carbocycles. The Hall–Kier alpha value is -0.920. The zero-order valence-corrected chi connectivity index (χ0v) is 4.92. The summed E-state index contributed by atoms with van der Waals surface area (Å²) in [5.74, 6) is -0.0833. The highest BCUT2D eigenvalue weighted by Crippen LogP contribution is 1.88. The number of nitrogens with zero attached hydrogens (tertiary/aromatic N) is 1. The van der Waals surface area contributed by atoms with E-state index < -0.39 is 0 Å². The molecule has 0 radical (unpaired) electrons. The summed E-state index contributed by atoms with van der Waals surface area (Å²) in [5.41, 5.74) is 0. The zero-order chi connectivity index (χ0) is 6.57. The second kappa shape index (κ2) is 3.13. The van der Waals surface area contributed by atoms with Crippen LogP contribution in [0.2, 0.25) is 0 Å². The Morgan fingerprint density at radius 3 is 2.50 bits per heavy atom. The Bertz CT molecular complexity index is 118. The molecule has 0 N–H and O–H groups in total. The first-order valence-corrected chi connectivity index (χ1v) is 2.34. The molecule has 0 saturated heterocycles. The fourth-order valence-corrected chi connectivity index (χ4v) is 0.261. The monoisotopic (exact) mass is 111 g/mol. The molecule has 0 spiro atoms. The maximum Gasteiger partial charge on any atom is 0.179 e. The van der Waals surface area contributed by atoms with E-state index in [1.165, 1.54) is 6.08 Å². The third kappa shape index (κ3) is 1.69. The number of aliphatic imine (C=N–C) groups is 1. The Labute approximate surface area is 48.9 Å². The van der Waals surface area contributed by atoms with Crippen molar-refractivity contribution in [1.82, 2.24) is 0 Å². The van der Waals surface area contributed by atoms with Gasteiger partial charge in [-0.25, -0.2) is 0 Å². The highest BCUT2D eigenvalue weighted by atomic mass is 16.1. The Balaban J connectivity index is 3.80. The van der Waals surface area contributed by atoms with Crippen molar-refractivity contribution in [2.24, 2.45) is 4.99 Å². The van der Waals surface area contributed by atoms with Gasteiger partial charge in [-0.15, -0.1) is 0 Å². The van der Waals surface area contributed by atoms with Crippen molar-refractivity contribution in [2.45, 2.75) is 13.0 Å². The zero-order valence-electron chi connectivity index (χ0n) is 4.92. The van der Waals surface area contributed by atoms with Crippen LogP contribution in [0.1, 0.15) is 6.92 Å². The Morgan fingerprint density at radius 1 is 1.88 bits per heavy atom. The van der Waals surface area contributed by atoms with Crippen molar-refractivity contribution < 1.29 is 4.79 Å². The van der Waals surface area contributed by atoms with E-state index in [-0.39, 0.29) is 11.8 Å². The van der Waals surface area contributed by atoms with Crippen molar-refractivity contribution in [3.63, 3.8) is 0 Å². The molecule has 8 heavy (non-hydrogen) atoms. The van der Waals surface area contributed by atoms with Gasteiger partial charge < -0.3 is 0 Å². The predicted octanol–water partition coefficient (Wildman–Crippen LogP) is 0.831. The van der Waals surface area contributed by atoms with Crippen LogP contribution in [0.15, 0.2) is 17.6 Å². The van der Waals surface area contributed by atoms with Gasteiger partial charge in [-0.2, -0.15) is 0 Å². The summed E-state index contributed by atoms with van der Waals surface area (Å²) in [6, 6.07) is -0.326. The maximum atomic E-state index is 10.5. The molecule has 0 aliphatic heterocycles. The molecule has 1 unspecified atom stereocenters. The maximum absolute atomic E-state index is 10.5. The first-order chi connectivity index (χ1) is 3.72. The van der Waals surface area contributed by atoms with Crippen LogP contribution >= 0.6 is 0 Å². The van der Waals surface area contributed by atoms with E-state index in [4.69, 9.17) is 0 Å². The van der Waals surface area contributed by atoms with E-state index in [9.17, 15) is 4.79 Å². The van der Waals surface area contributed by atoms with Crippen LogP contribution in [0, 0.1) is 0 Å². The number of rotatable bonds is 3. The summed E-state index contributed by atoms with van der Waals surface area (Å²) in [6.07, 6.45) is 1.25. The molecule has 1 atom stereocenters. The van der Waals surface area contributed by atoms with Gasteiger partial charge in [0.15, 0.2) is 5.78 Å². The Kier molecular flexibility index (Phi) is 2.77. The number of ketones is 1. The van der Waals surface area contributed by atoms with Crippen LogP contribution in [0.4, 0.5) is 0 Å². The van der Waals surface area contributed by atoms with Crippen LogP contribution in [0.3, 0.4) is 0 Å². The molecule has 0 aliphatic rings. The minimum Gasteiger partial charge on any atom is -0.292 e. The van der Waals surface area contributed by atoms with Gasteiger partial charge in [0.1, 0.15) is 6.04 Å². The lowest BCUT2D eigenvalue weighted by Crippen LogP contribution is -2.09. The average Bonchev–Trinajstić information content (AvgIpc) is 1.84. The molecule has 2 heteroatoms. The summed E-state index contributed by atoms with van der Waals surface area (Å²) in [4.78, 5) is 14.0. The van der Waals surface area contributed by atoms with E-state index in [1.54, 1.807) is 6.92 Å². The molecule has 0 aromatic heterocycles. The number of hydrogen-bond acceptors (Lipinski definition) is 2. The van der Waals surface area contributed by atoms with Gasteiger partial charge >= 0.3 is 0 Å². The quantitative estimate of drug-likeness (QED) is 0.392. The fraction of sp³-hybridized carbons (Fsp3) is 0.333. The molecule has 0 aliphatic carbocycles. The highest BCUT2D eigenvalue weighted by Gasteiger charge is 2.02. The topological polar surface area (TPSA) is 29.4 Å². The van der Waals surface area contributed by atoms with Crippen molar-refractivity contribution in [1.29, 1.82) is 0 Å². The van der Waals surface area contributed by atoms with Gasteiger partial charge in [0.25, 0.3) is 0 Å². The van der Waals surface area contributed by atoms with Gasteiger partial charge in [-0.1, -0.05) is 6.58 Å². The second-order valence-corrected chi connectivity index (χ2v) is 1.47. The minimum absolute atomic E-state index is 0.0833. The third-order valence-electron chi connectivity index (χ3n) is 0.887. The first kappa shape index (κ1) is 7.08. The van der Waals surface area contributed by atoms with Gasteiger partial charge in [0.05, 0.1) is 0 Å². The summed E-state index contributed by atoms with van der Waals surface area (Å²) >= 11 is 0. The molecule has 0 amide bonds. The van der Waals surface area contributed by atoms with Crippen LogP contribution < -0.4 is 0 Å². The van der Waals surface area contributed by atoms with Crippen LogP contribution in [-0.4, -0.2) is 18.5 Å². The number of carbonyl (C=O) groups is 1. The smallest absolute Gasteiger partial charge is 0.179 e. The van der Waals surface area contributed by atoms with Crippen molar-refractivity contribution >= 4 is 12.5 Å². The van der Waals surface area contributed by atoms with Crippen molar-refractivity contribution in [2.75, 3.05) is 0 Å². The molecule has 2 nitrogen and oxygen atoms in total. The number of carbonyl (C=O) groups excluding carboxylic acids is 1. The second-order valence-electron chi connectivity index (χ2n) is 1.47. The van der Waals surface area contributed by atoms with E-state index in [2.05, 4.69) is 18.3 Å². The predicted molar refractivity (Wildman–Crippen MR) is 34.2 cm³/mol. The first-order valence-electron chi connectivity index (χ1n) is 2.34. The Morgan fingerprint density at radius 2 is 2.38 bits per heavy atom. The van der Waals surface area contributed by atoms with Crippen LogP contribution in [-0.2, 0) is 4.79 Å². The normalized spacial score (nSPS) is 12.1. The van der Waals surface area contributed by atoms with E-state index in [0.29, 0.717) is 0 Å². The molecule has 0 heterocycles. The van der Waals surface area contributed by atoms with E-state index in [1.807, 2.05) is 0 Å². The van der Waals surface area contributed by atoms with Gasteiger partial charge in [-0.3, -0.25) is 9.79 Å². The molecule has 0 bridgehead atoms. The lowest BCUT2D eigenvalue weighted by molar-refractivity contribution is -0.115. The molecule has 0 rings (SSSR count). The average molecular weight is 111 g/mol. The summed E-state index contributed by atoms with van der Waals surface area (Å²) in [5, 5.41) is 0. The molecule has 0 aromatic carbocycles. The lowest BCUT2D eigenvalue weighted by Gasteiger charge is -1.95. The largest absolute Gasteiger partial charge is 0.292 e. The highest BCUT2D eigenvalue weighted by molar-refractivity contribution is 5.93. The summed E-state index contributed by atoms with van der Waals surface area (Å²) < 4.78 is 0. The van der Waals surface area contributed by atoms with Gasteiger partial charge in [0.2, 0.25) is 0 Å². The fourth-order valence-electron chi connectivity index (χ4n) is 0.261. The van der Waals surface area contributed by atoms with Gasteiger partial charge in [0, 0.05) is 0 Å². The summed E-state index contributed by atoms with van der Waals surface area (Å²) in [7, 11) is 0. The van der Waals surface area contributed by atoms with Crippen molar-refractivity contribution in [3.05, 3.63) is 12.7 Å². The minimum atomic E-state index is -0.326. The molecule has 44 valence electrons. The molecule has 0 fully saturated rings. The number of hydrogen-bond donors (Lipinski definition) is 0. The molecular weight excluding hydrogens is 102 g/mol. The van der Waals surface area contributed by atoms with E-state index in [0.717, 1.165) is 0 Å². The van der Waals surface area contributed by atoms with Crippen LogP contribution in [0.5, 0.6) is 0 Å².